The third kappa shape index (κ3) is 3.60. The van der Waals surface area contributed by atoms with Crippen LogP contribution in [-0.4, -0.2) is 25.8 Å². The predicted octanol–water partition coefficient (Wildman–Crippen LogP) is 1.83. The third-order valence-electron chi connectivity index (χ3n) is 0.597. The molecule has 0 N–H and O–H groups in total. The highest BCUT2D eigenvalue weighted by Gasteiger charge is 2.23. The summed E-state index contributed by atoms with van der Waals surface area (Å²) in [5.41, 5.74) is 0. The van der Waals surface area contributed by atoms with Crippen LogP contribution in [0, 0.1) is 0 Å². The van der Waals surface area contributed by atoms with Crippen LogP contribution in [0.15, 0.2) is 0 Å². The Morgan fingerprint density at radius 3 is 1.90 bits per heavy atom. The summed E-state index contributed by atoms with van der Waals surface area (Å²) in [5.74, 6) is 0. The van der Waals surface area contributed by atoms with Gasteiger partial charge in [-0.25, -0.2) is 22.0 Å². The number of rotatable bonds is 4. The molecule has 1 nitrogen and oxygen atoms in total. The van der Waals surface area contributed by atoms with Crippen molar-refractivity contribution in [2.75, 3.05) is 6.67 Å². The van der Waals surface area contributed by atoms with Crippen LogP contribution >= 0.6 is 0 Å². The van der Waals surface area contributed by atoms with Crippen molar-refractivity contribution in [3.8, 4) is 0 Å². The van der Waals surface area contributed by atoms with Gasteiger partial charge in [-0.2, -0.15) is 0 Å². The highest BCUT2D eigenvalue weighted by molar-refractivity contribution is 4.45. The smallest absolute Gasteiger partial charge is 0.293 e. The van der Waals surface area contributed by atoms with Gasteiger partial charge in [0.2, 0.25) is 6.36 Å². The summed E-state index contributed by atoms with van der Waals surface area (Å²) in [6.45, 7) is -1.63. The predicted molar refractivity (Wildman–Crippen MR) is 22.9 cm³/mol. The quantitative estimate of drug-likeness (QED) is 0.576. The second kappa shape index (κ2) is 4.43. The summed E-state index contributed by atoms with van der Waals surface area (Å²) < 4.78 is 59.7. The van der Waals surface area contributed by atoms with Crippen LogP contribution in [0.1, 0.15) is 0 Å². The molecule has 0 bridgehead atoms. The molecule has 0 spiro atoms. The van der Waals surface area contributed by atoms with Crippen molar-refractivity contribution < 1.29 is 26.7 Å². The van der Waals surface area contributed by atoms with Crippen molar-refractivity contribution in [2.24, 2.45) is 0 Å². The van der Waals surface area contributed by atoms with Crippen molar-refractivity contribution >= 4 is 0 Å². The number of alkyl halides is 5. The van der Waals surface area contributed by atoms with Crippen molar-refractivity contribution in [1.82, 2.24) is 0 Å². The first-order valence-electron chi connectivity index (χ1n) is 2.35. The van der Waals surface area contributed by atoms with Gasteiger partial charge >= 0.3 is 0 Å². The van der Waals surface area contributed by atoms with Crippen LogP contribution < -0.4 is 0 Å². The Hall–Kier alpha value is -0.390. The maximum atomic E-state index is 11.6. The van der Waals surface area contributed by atoms with E-state index in [9.17, 15) is 22.0 Å². The lowest BCUT2D eigenvalue weighted by molar-refractivity contribution is -0.195. The molecular formula is C4H5F5O. The molecule has 0 radical (unpaired) electrons. The second-order valence-corrected chi connectivity index (χ2v) is 1.39. The molecule has 2 atom stereocenters. The fraction of sp³-hybridized carbons (Fsp3) is 1.00. The fourth-order valence-corrected chi connectivity index (χ4v) is 0.237. The number of ether oxygens (including phenoxy) is 1. The molecule has 0 aromatic heterocycles. The van der Waals surface area contributed by atoms with Gasteiger partial charge in [0.05, 0.1) is 0 Å². The molecule has 0 saturated heterocycles. The summed E-state index contributed by atoms with van der Waals surface area (Å²) in [5, 5.41) is 0. The lowest BCUT2D eigenvalue weighted by Gasteiger charge is -2.09. The molecule has 0 aliphatic heterocycles. The van der Waals surface area contributed by atoms with Crippen LogP contribution in [0.25, 0.3) is 0 Å². The maximum Gasteiger partial charge on any atom is 0.293 e. The Labute approximate surface area is 53.8 Å². The van der Waals surface area contributed by atoms with E-state index in [-0.39, 0.29) is 0 Å². The van der Waals surface area contributed by atoms with Gasteiger partial charge in [0.15, 0.2) is 0 Å². The largest absolute Gasteiger partial charge is 0.306 e. The SMILES string of the molecule is FCC(F)OC(F)C(F)F. The van der Waals surface area contributed by atoms with Gasteiger partial charge in [-0.05, 0) is 0 Å². The molecule has 62 valence electrons. The summed E-state index contributed by atoms with van der Waals surface area (Å²) in [6.07, 6.45) is -9.10. The molecule has 0 amide bonds. The average molecular weight is 164 g/mol. The molecule has 0 aliphatic rings. The standard InChI is InChI=1S/C4H5F5O/c5-1-2(6)10-4(9)3(7)8/h2-4H,1H2. The van der Waals surface area contributed by atoms with Gasteiger partial charge in [0.1, 0.15) is 6.67 Å². The molecule has 0 heterocycles. The van der Waals surface area contributed by atoms with Crippen LogP contribution in [0.2, 0.25) is 0 Å². The first-order valence-corrected chi connectivity index (χ1v) is 2.35. The summed E-state index contributed by atoms with van der Waals surface area (Å²) in [7, 11) is 0. The van der Waals surface area contributed by atoms with Gasteiger partial charge < -0.3 is 4.74 Å². The average Bonchev–Trinajstić information content (AvgIpc) is 1.87. The zero-order valence-electron chi connectivity index (χ0n) is 4.74. The van der Waals surface area contributed by atoms with Crippen molar-refractivity contribution in [3.05, 3.63) is 0 Å². The van der Waals surface area contributed by atoms with E-state index < -0.39 is 25.8 Å². The van der Waals surface area contributed by atoms with E-state index in [1.165, 1.54) is 0 Å². The monoisotopic (exact) mass is 164 g/mol. The van der Waals surface area contributed by atoms with E-state index in [1.807, 2.05) is 0 Å². The zero-order chi connectivity index (χ0) is 8.15. The van der Waals surface area contributed by atoms with Crippen LogP contribution in [0.5, 0.6) is 0 Å². The fourth-order valence-electron chi connectivity index (χ4n) is 0.237. The number of hydrogen-bond donors (Lipinski definition) is 0. The lowest BCUT2D eigenvalue weighted by atomic mass is 10.7. The lowest BCUT2D eigenvalue weighted by Crippen LogP contribution is -2.22. The molecule has 0 aromatic carbocycles. The minimum atomic E-state index is -3.44. The second-order valence-electron chi connectivity index (χ2n) is 1.39. The maximum absolute atomic E-state index is 11.6. The van der Waals surface area contributed by atoms with Crippen LogP contribution in [0.3, 0.4) is 0 Å². The highest BCUT2D eigenvalue weighted by Crippen LogP contribution is 2.10. The molecule has 10 heavy (non-hydrogen) atoms. The van der Waals surface area contributed by atoms with Crippen molar-refractivity contribution in [2.45, 2.75) is 19.1 Å². The Morgan fingerprint density at radius 1 is 1.10 bits per heavy atom. The van der Waals surface area contributed by atoms with Gasteiger partial charge in [0.25, 0.3) is 12.8 Å². The number of hydrogen-bond acceptors (Lipinski definition) is 1. The number of halogens is 5. The highest BCUT2D eigenvalue weighted by atomic mass is 19.3. The van der Waals surface area contributed by atoms with E-state index in [4.69, 9.17) is 0 Å². The molecule has 0 aliphatic carbocycles. The third-order valence-corrected chi connectivity index (χ3v) is 0.597. The van der Waals surface area contributed by atoms with E-state index >= 15 is 0 Å². The topological polar surface area (TPSA) is 9.23 Å². The van der Waals surface area contributed by atoms with Gasteiger partial charge in [-0.3, -0.25) is 0 Å². The Morgan fingerprint density at radius 2 is 1.60 bits per heavy atom. The molecule has 0 aromatic rings. The zero-order valence-corrected chi connectivity index (χ0v) is 4.74. The van der Waals surface area contributed by atoms with Gasteiger partial charge in [-0.1, -0.05) is 0 Å². The van der Waals surface area contributed by atoms with E-state index in [2.05, 4.69) is 4.74 Å². The van der Waals surface area contributed by atoms with E-state index in [0.717, 1.165) is 0 Å². The first kappa shape index (κ1) is 9.61. The van der Waals surface area contributed by atoms with Crippen LogP contribution in [-0.2, 0) is 4.74 Å². The molecule has 0 fully saturated rings. The van der Waals surface area contributed by atoms with E-state index in [1.54, 1.807) is 0 Å². The normalized spacial score (nSPS) is 17.4. The minimum absolute atomic E-state index is 1.63. The summed E-state index contributed by atoms with van der Waals surface area (Å²) >= 11 is 0. The molecule has 0 saturated carbocycles. The Balaban J connectivity index is 3.46. The molecular weight excluding hydrogens is 159 g/mol. The Bertz CT molecular complexity index is 87.7. The molecule has 2 unspecified atom stereocenters. The Kier molecular flexibility index (Phi) is 4.26. The minimum Gasteiger partial charge on any atom is -0.306 e. The van der Waals surface area contributed by atoms with Crippen LogP contribution in [0.4, 0.5) is 22.0 Å². The molecule has 0 rings (SSSR count). The summed E-state index contributed by atoms with van der Waals surface area (Å²) in [6, 6.07) is 0. The van der Waals surface area contributed by atoms with Crippen molar-refractivity contribution in [1.29, 1.82) is 0 Å². The van der Waals surface area contributed by atoms with Crippen molar-refractivity contribution in [3.63, 3.8) is 0 Å². The van der Waals surface area contributed by atoms with Gasteiger partial charge in [-0.15, -0.1) is 0 Å². The van der Waals surface area contributed by atoms with E-state index in [0.29, 0.717) is 0 Å². The molecule has 6 heteroatoms. The first-order chi connectivity index (χ1) is 4.57. The van der Waals surface area contributed by atoms with Gasteiger partial charge in [0, 0.05) is 0 Å². The summed E-state index contributed by atoms with van der Waals surface area (Å²) in [4.78, 5) is 0.